The number of unbranched alkanes of at least 4 members (excludes halogenated alkanes) is 1. The van der Waals surface area contributed by atoms with Crippen molar-refractivity contribution in [1.29, 1.82) is 0 Å². The van der Waals surface area contributed by atoms with Gasteiger partial charge < -0.3 is 33.7 Å². The molecule has 0 aromatic rings. The predicted octanol–water partition coefficient (Wildman–Crippen LogP) is 10.7. The normalized spacial score (nSPS) is 33.1. The average Bonchev–Trinajstić information content (AvgIpc) is 3.18. The van der Waals surface area contributed by atoms with Gasteiger partial charge in [0, 0.05) is 56.9 Å². The molecule has 0 aromatic heterocycles. The van der Waals surface area contributed by atoms with Gasteiger partial charge in [-0.15, -0.1) is 12.3 Å². The Kier molecular flexibility index (Phi) is 24.9. The number of hydrogen-bond donors (Lipinski definition) is 1. The number of aliphatic hydroxyl groups is 1. The van der Waals surface area contributed by atoms with Crippen LogP contribution in [0, 0.1) is 47.9 Å². The van der Waals surface area contributed by atoms with Crippen LogP contribution in [0.25, 0.3) is 0 Å². The van der Waals surface area contributed by atoms with Crippen LogP contribution < -0.4 is 0 Å². The van der Waals surface area contributed by atoms with E-state index in [0.717, 1.165) is 37.0 Å². The molecule has 328 valence electrons. The zero-order valence-corrected chi connectivity index (χ0v) is 38.2. The van der Waals surface area contributed by atoms with E-state index in [1.54, 1.807) is 0 Å². The van der Waals surface area contributed by atoms with Crippen LogP contribution in [0.4, 0.5) is 0 Å². The number of esters is 1. The van der Waals surface area contributed by atoms with E-state index in [4.69, 9.17) is 30.1 Å². The van der Waals surface area contributed by atoms with Crippen LogP contribution in [-0.2, 0) is 28.5 Å². The Balaban J connectivity index is 2.60. The lowest BCUT2D eigenvalue weighted by Gasteiger charge is -2.46. The molecule has 1 unspecified atom stereocenters. The summed E-state index contributed by atoms with van der Waals surface area (Å²) < 4.78 is 32.3. The molecule has 57 heavy (non-hydrogen) atoms. The van der Waals surface area contributed by atoms with E-state index in [2.05, 4.69) is 91.1 Å². The molecular formula is C49H85NO7. The summed E-state index contributed by atoms with van der Waals surface area (Å²) in [5.74, 6) is 2.97. The number of nitrogens with zero attached hydrogens (tertiary/aromatic N) is 1. The summed E-state index contributed by atoms with van der Waals surface area (Å²) in [5, 5.41) is 12.0. The van der Waals surface area contributed by atoms with E-state index in [-0.39, 0.29) is 54.3 Å². The monoisotopic (exact) mass is 800 g/mol. The van der Waals surface area contributed by atoms with Crippen LogP contribution in [-0.4, -0.2) is 85.8 Å². The van der Waals surface area contributed by atoms with Crippen molar-refractivity contribution in [3.05, 3.63) is 36.0 Å². The zero-order valence-electron chi connectivity index (χ0n) is 38.2. The van der Waals surface area contributed by atoms with Gasteiger partial charge >= 0.3 is 5.97 Å². The van der Waals surface area contributed by atoms with Crippen molar-refractivity contribution in [2.75, 3.05) is 26.8 Å². The maximum Gasteiger partial charge on any atom is 0.308 e. The second kappa shape index (κ2) is 27.7. The van der Waals surface area contributed by atoms with Crippen LogP contribution in [0.5, 0.6) is 0 Å². The molecule has 8 heteroatoms. The number of aliphatic hydroxyl groups excluding tert-OH is 1. The van der Waals surface area contributed by atoms with Gasteiger partial charge in [0.15, 0.2) is 12.6 Å². The molecule has 1 fully saturated rings. The molecule has 2 heterocycles. The van der Waals surface area contributed by atoms with Gasteiger partial charge in [-0.25, -0.2) is 0 Å². The van der Waals surface area contributed by atoms with Crippen LogP contribution >= 0.6 is 0 Å². The third-order valence-electron chi connectivity index (χ3n) is 12.9. The summed E-state index contributed by atoms with van der Waals surface area (Å²) in [5.41, 5.74) is 2.16. The molecule has 2 rings (SSSR count). The van der Waals surface area contributed by atoms with Crippen molar-refractivity contribution in [2.24, 2.45) is 35.5 Å². The minimum atomic E-state index is -1.00. The minimum absolute atomic E-state index is 0.0514. The maximum atomic E-state index is 13.9. The highest BCUT2D eigenvalue weighted by molar-refractivity contribution is 5.70. The topological polar surface area (TPSA) is 86.7 Å². The molecule has 0 amide bonds. The molecule has 0 radical (unpaired) electrons. The standard InChI is InChI=1S/C49H85NO7/c1-14-20-23-40(22-16-3)26-27-41-29-34(7)24-25-35(8)36(9)30-42(31-47(53-18-5)54-19-6)49(38(11)44(51)33-46(52)56-45(41)17-4)57-48-32-43(37(10)39(12)55-48)50(13)28-21-15-2/h2,24-25,29,36-45,47-49,51H,8,14,16-23,26-28,30-33H2,1,3-7,9-13H3/b25-24+,34-29+/t36-,37-,38+,39-,40?,41+,42-,43-,44-,45-,48+,49-/m1/s1. The molecule has 8 nitrogen and oxygen atoms in total. The third kappa shape index (κ3) is 17.6. The smallest absolute Gasteiger partial charge is 0.308 e. The molecule has 0 spiro atoms. The molecule has 1 N–H and O–H groups in total. The first kappa shape index (κ1) is 51.2. The van der Waals surface area contributed by atoms with Gasteiger partial charge in [-0.05, 0) is 84.1 Å². The molecule has 0 saturated carbocycles. The van der Waals surface area contributed by atoms with E-state index in [9.17, 15) is 9.90 Å². The van der Waals surface area contributed by atoms with Crippen LogP contribution in [0.15, 0.2) is 36.0 Å². The van der Waals surface area contributed by atoms with Crippen LogP contribution in [0.1, 0.15) is 153 Å². The Hall–Kier alpha value is -1.99. The molecule has 1 saturated heterocycles. The molecule has 0 aliphatic carbocycles. The van der Waals surface area contributed by atoms with Gasteiger partial charge in [0.05, 0.1) is 24.7 Å². The highest BCUT2D eigenvalue weighted by Crippen LogP contribution is 2.38. The number of carbonyl (C=O) groups excluding carboxylic acids is 1. The van der Waals surface area contributed by atoms with Crippen molar-refractivity contribution in [1.82, 2.24) is 4.90 Å². The third-order valence-corrected chi connectivity index (χ3v) is 12.9. The van der Waals surface area contributed by atoms with Crippen LogP contribution in [0.3, 0.4) is 0 Å². The van der Waals surface area contributed by atoms with E-state index < -0.39 is 30.7 Å². The van der Waals surface area contributed by atoms with Crippen molar-refractivity contribution in [3.63, 3.8) is 0 Å². The van der Waals surface area contributed by atoms with E-state index in [1.165, 1.54) is 32.1 Å². The van der Waals surface area contributed by atoms with E-state index >= 15 is 0 Å². The molecule has 12 atom stereocenters. The quantitative estimate of drug-likeness (QED) is 0.0740. The fourth-order valence-electron chi connectivity index (χ4n) is 9.03. The summed E-state index contributed by atoms with van der Waals surface area (Å²) in [6.07, 6.45) is 20.8. The Morgan fingerprint density at radius 1 is 1.00 bits per heavy atom. The van der Waals surface area contributed by atoms with Gasteiger partial charge in [-0.2, -0.15) is 0 Å². The second-order valence-electron chi connectivity index (χ2n) is 17.4. The lowest BCUT2D eigenvalue weighted by Crippen LogP contribution is -2.52. The van der Waals surface area contributed by atoms with E-state index in [1.807, 2.05) is 20.8 Å². The number of ether oxygens (including phenoxy) is 5. The lowest BCUT2D eigenvalue weighted by atomic mass is 9.78. The summed E-state index contributed by atoms with van der Waals surface area (Å²) in [6.45, 7) is 27.6. The summed E-state index contributed by atoms with van der Waals surface area (Å²) >= 11 is 0. The summed E-state index contributed by atoms with van der Waals surface area (Å²) in [7, 11) is 2.12. The largest absolute Gasteiger partial charge is 0.462 e. The number of cyclic esters (lactones) is 1. The lowest BCUT2D eigenvalue weighted by molar-refractivity contribution is -0.260. The molecule has 2 aliphatic heterocycles. The Labute approximate surface area is 349 Å². The highest BCUT2D eigenvalue weighted by atomic mass is 16.7. The van der Waals surface area contributed by atoms with Gasteiger partial charge in [0.25, 0.3) is 0 Å². The highest BCUT2D eigenvalue weighted by Gasteiger charge is 2.42. The molecule has 0 aromatic carbocycles. The van der Waals surface area contributed by atoms with Gasteiger partial charge in [0.2, 0.25) is 0 Å². The minimum Gasteiger partial charge on any atom is -0.462 e. The first-order chi connectivity index (χ1) is 27.2. The van der Waals surface area contributed by atoms with Crippen molar-refractivity contribution < 1.29 is 33.6 Å². The Morgan fingerprint density at radius 2 is 1.70 bits per heavy atom. The fraction of sp³-hybridized carbons (Fsp3) is 0.816. The average molecular weight is 800 g/mol. The molecular weight excluding hydrogens is 715 g/mol. The number of allylic oxidation sites excluding steroid dienone is 4. The zero-order chi connectivity index (χ0) is 42.5. The Bertz CT molecular complexity index is 1240. The fourth-order valence-corrected chi connectivity index (χ4v) is 9.03. The summed E-state index contributed by atoms with van der Waals surface area (Å²) in [4.78, 5) is 16.2. The maximum absolute atomic E-state index is 13.9. The number of rotatable bonds is 20. The number of carbonyl (C=O) groups is 1. The summed E-state index contributed by atoms with van der Waals surface area (Å²) in [6, 6.07) is 0.203. The van der Waals surface area contributed by atoms with Crippen LogP contribution in [0.2, 0.25) is 0 Å². The number of hydrogen-bond acceptors (Lipinski definition) is 8. The van der Waals surface area contributed by atoms with Gasteiger partial charge in [-0.1, -0.05) is 110 Å². The second-order valence-corrected chi connectivity index (χ2v) is 17.4. The van der Waals surface area contributed by atoms with Gasteiger partial charge in [0.1, 0.15) is 6.10 Å². The van der Waals surface area contributed by atoms with Crippen molar-refractivity contribution in [2.45, 2.75) is 196 Å². The SMILES string of the molecule is C#CCCN(C)[C@@H]1C[C@H](O[C@H]2[C@@H](CC(OCC)OCC)C[C@@H](C)C(=C)/C=C/C(C)=C/[C@H](CCC(CCC)CCCC)[C@@H](CC)OC(=O)C[C@@H](O)[C@@H]2C)O[C@H](C)[C@H]1C. The first-order valence-corrected chi connectivity index (χ1v) is 22.8. The molecule has 0 bridgehead atoms. The van der Waals surface area contributed by atoms with Gasteiger partial charge in [-0.3, -0.25) is 4.79 Å². The first-order valence-electron chi connectivity index (χ1n) is 22.8. The van der Waals surface area contributed by atoms with Crippen molar-refractivity contribution in [3.8, 4) is 12.3 Å². The number of terminal acetylenes is 1. The van der Waals surface area contributed by atoms with Crippen molar-refractivity contribution >= 4 is 5.97 Å². The molecule has 2 aliphatic rings. The predicted molar refractivity (Wildman–Crippen MR) is 234 cm³/mol. The Morgan fingerprint density at radius 3 is 2.32 bits per heavy atom. The van der Waals surface area contributed by atoms with E-state index in [0.29, 0.717) is 44.8 Å².